The largest absolute Gasteiger partial charge is 0.312 e. The highest BCUT2D eigenvalue weighted by Gasteiger charge is 2.33. The molecule has 1 unspecified atom stereocenters. The minimum atomic E-state index is -4.59. The summed E-state index contributed by atoms with van der Waals surface area (Å²) in [5.74, 6) is -0.196. The van der Waals surface area contributed by atoms with Gasteiger partial charge in [0, 0.05) is 30.1 Å². The van der Waals surface area contributed by atoms with E-state index in [1.54, 1.807) is 25.1 Å². The predicted molar refractivity (Wildman–Crippen MR) is 81.9 cm³/mol. The quantitative estimate of drug-likeness (QED) is 0.851. The third-order valence-corrected chi connectivity index (χ3v) is 4.52. The Morgan fingerprint density at radius 1 is 1.43 bits per heavy atom. The number of amides is 1. The average molecular weight is 338 g/mol. The summed E-state index contributed by atoms with van der Waals surface area (Å²) in [5, 5.41) is 6.82. The lowest BCUT2D eigenvalue weighted by atomic mass is 10.1. The van der Waals surface area contributed by atoms with Gasteiger partial charge in [0.2, 0.25) is 5.91 Å². The molecule has 1 aromatic carbocycles. The molecule has 9 heteroatoms. The van der Waals surface area contributed by atoms with E-state index >= 15 is 0 Å². The minimum Gasteiger partial charge on any atom is -0.312 e. The number of nitrogens with one attached hydrogen (secondary N) is 1. The van der Waals surface area contributed by atoms with E-state index in [1.807, 2.05) is 6.07 Å². The number of aromatic nitrogens is 3. The van der Waals surface area contributed by atoms with Crippen molar-refractivity contribution in [3.63, 3.8) is 0 Å². The second-order valence-corrected chi connectivity index (χ2v) is 6.99. The van der Waals surface area contributed by atoms with Gasteiger partial charge >= 0.3 is 10.2 Å². The van der Waals surface area contributed by atoms with Gasteiger partial charge in [-0.1, -0.05) is 12.1 Å². The van der Waals surface area contributed by atoms with Crippen LogP contribution in [0.15, 0.2) is 24.3 Å². The summed E-state index contributed by atoms with van der Waals surface area (Å²) in [6, 6.07) is 7.08. The Bertz CT molecular complexity index is 849. The molecule has 2 heterocycles. The first-order valence-electron chi connectivity index (χ1n) is 7.04. The van der Waals surface area contributed by atoms with Crippen LogP contribution in [0, 0.1) is 12.8 Å². The Balaban J connectivity index is 1.83. The van der Waals surface area contributed by atoms with Gasteiger partial charge in [0.05, 0.1) is 5.75 Å². The Hall–Kier alpha value is -2.29. The van der Waals surface area contributed by atoms with Crippen molar-refractivity contribution in [1.82, 2.24) is 15.2 Å². The number of benzene rings is 1. The smallest absolute Gasteiger partial charge is 0.302 e. The zero-order valence-electron chi connectivity index (χ0n) is 12.4. The van der Waals surface area contributed by atoms with Gasteiger partial charge in [0.1, 0.15) is 5.82 Å². The van der Waals surface area contributed by atoms with Crippen LogP contribution < -0.4 is 4.90 Å². The molecule has 1 amide bonds. The molecule has 0 radical (unpaired) electrons. The van der Waals surface area contributed by atoms with E-state index in [1.165, 1.54) is 4.90 Å². The van der Waals surface area contributed by atoms with E-state index in [9.17, 15) is 17.1 Å². The highest BCUT2D eigenvalue weighted by atomic mass is 32.3. The van der Waals surface area contributed by atoms with E-state index in [2.05, 4.69) is 15.2 Å². The molecule has 1 saturated heterocycles. The van der Waals surface area contributed by atoms with Gasteiger partial charge in [-0.2, -0.15) is 13.5 Å². The van der Waals surface area contributed by atoms with E-state index in [0.717, 1.165) is 5.56 Å². The number of aryl methyl sites for hydroxylation is 1. The lowest BCUT2D eigenvalue weighted by Gasteiger charge is -2.17. The Kier molecular flexibility index (Phi) is 3.88. The summed E-state index contributed by atoms with van der Waals surface area (Å²) < 4.78 is 34.3. The number of carbonyl (C=O) groups excluding carboxylic acids is 1. The second-order valence-electron chi connectivity index (χ2n) is 5.57. The summed E-state index contributed by atoms with van der Waals surface area (Å²) >= 11 is 0. The van der Waals surface area contributed by atoms with Gasteiger partial charge in [0.25, 0.3) is 0 Å². The topological polar surface area (TPSA) is 96.0 Å². The SMILES string of the molecule is Cc1nc(-c2cccc(N3CC(CS(=O)(=O)F)CC3=O)c2)n[nH]1. The van der Waals surface area contributed by atoms with Crippen molar-refractivity contribution in [3.05, 3.63) is 30.1 Å². The molecular weight excluding hydrogens is 323 g/mol. The maximum absolute atomic E-state index is 12.8. The molecule has 1 atom stereocenters. The fourth-order valence-electron chi connectivity index (χ4n) is 2.71. The molecule has 2 aromatic rings. The number of halogens is 1. The first-order valence-corrected chi connectivity index (χ1v) is 8.59. The number of rotatable bonds is 4. The fraction of sp³-hybridized carbons (Fsp3) is 0.357. The minimum absolute atomic E-state index is 0.0210. The summed E-state index contributed by atoms with van der Waals surface area (Å²) in [6.45, 7) is 1.96. The first kappa shape index (κ1) is 15.6. The lowest BCUT2D eigenvalue weighted by molar-refractivity contribution is -0.117. The fourth-order valence-corrected chi connectivity index (χ4v) is 3.50. The molecule has 23 heavy (non-hydrogen) atoms. The van der Waals surface area contributed by atoms with Crippen molar-refractivity contribution in [2.45, 2.75) is 13.3 Å². The van der Waals surface area contributed by atoms with Crippen LogP contribution in [-0.4, -0.2) is 41.8 Å². The highest BCUT2D eigenvalue weighted by Crippen LogP contribution is 2.29. The zero-order valence-corrected chi connectivity index (χ0v) is 13.2. The van der Waals surface area contributed by atoms with Crippen LogP contribution in [-0.2, 0) is 15.0 Å². The van der Waals surface area contributed by atoms with Crippen LogP contribution in [0.2, 0.25) is 0 Å². The average Bonchev–Trinajstić information content (AvgIpc) is 3.03. The molecule has 0 saturated carbocycles. The summed E-state index contributed by atoms with van der Waals surface area (Å²) in [5.41, 5.74) is 1.36. The molecule has 0 bridgehead atoms. The maximum atomic E-state index is 12.8. The molecular formula is C14H15FN4O3S. The maximum Gasteiger partial charge on any atom is 0.302 e. The molecule has 7 nitrogen and oxygen atoms in total. The van der Waals surface area contributed by atoms with E-state index in [-0.39, 0.29) is 18.9 Å². The molecule has 1 aliphatic rings. The van der Waals surface area contributed by atoms with Crippen LogP contribution >= 0.6 is 0 Å². The van der Waals surface area contributed by atoms with Gasteiger partial charge in [-0.25, -0.2) is 4.98 Å². The molecule has 1 aromatic heterocycles. The summed E-state index contributed by atoms with van der Waals surface area (Å²) in [7, 11) is -4.59. The lowest BCUT2D eigenvalue weighted by Crippen LogP contribution is -2.25. The number of nitrogens with zero attached hydrogens (tertiary/aromatic N) is 3. The van der Waals surface area contributed by atoms with Gasteiger partial charge in [0.15, 0.2) is 5.82 Å². The number of anilines is 1. The first-order chi connectivity index (χ1) is 10.8. The van der Waals surface area contributed by atoms with Gasteiger partial charge in [-0.05, 0) is 19.1 Å². The van der Waals surface area contributed by atoms with E-state index in [4.69, 9.17) is 0 Å². The molecule has 0 spiro atoms. The molecule has 122 valence electrons. The predicted octanol–water partition coefficient (Wildman–Crippen LogP) is 1.43. The summed E-state index contributed by atoms with van der Waals surface area (Å²) in [4.78, 5) is 17.8. The number of aromatic amines is 1. The van der Waals surface area contributed by atoms with Crippen LogP contribution in [0.4, 0.5) is 9.57 Å². The number of hydrogen-bond acceptors (Lipinski definition) is 5. The standard InChI is InChI=1S/C14H15FN4O3S/c1-9-16-14(18-17-9)11-3-2-4-12(6-11)19-7-10(5-13(19)20)8-23(15,21)22/h2-4,6,10H,5,7-8H2,1H3,(H,16,17,18). The number of carbonyl (C=O) groups is 1. The van der Waals surface area contributed by atoms with Crippen molar-refractivity contribution in [2.75, 3.05) is 17.2 Å². The normalized spacial score (nSPS) is 18.6. The molecule has 1 fully saturated rings. The molecule has 3 rings (SSSR count). The molecule has 1 N–H and O–H groups in total. The van der Waals surface area contributed by atoms with E-state index < -0.39 is 21.9 Å². The monoisotopic (exact) mass is 338 g/mol. The van der Waals surface area contributed by atoms with Crippen LogP contribution in [0.3, 0.4) is 0 Å². The third kappa shape index (κ3) is 3.55. The number of H-pyrrole nitrogens is 1. The van der Waals surface area contributed by atoms with Crippen molar-refractivity contribution >= 4 is 21.8 Å². The van der Waals surface area contributed by atoms with Gasteiger partial charge < -0.3 is 4.90 Å². The van der Waals surface area contributed by atoms with Crippen LogP contribution in [0.5, 0.6) is 0 Å². The van der Waals surface area contributed by atoms with E-state index in [0.29, 0.717) is 17.3 Å². The van der Waals surface area contributed by atoms with Crippen molar-refractivity contribution in [3.8, 4) is 11.4 Å². The Morgan fingerprint density at radius 3 is 2.87 bits per heavy atom. The van der Waals surface area contributed by atoms with Crippen molar-refractivity contribution in [2.24, 2.45) is 5.92 Å². The van der Waals surface area contributed by atoms with Crippen LogP contribution in [0.25, 0.3) is 11.4 Å². The molecule has 0 aliphatic carbocycles. The summed E-state index contributed by atoms with van der Waals surface area (Å²) in [6.07, 6.45) is 0.0210. The van der Waals surface area contributed by atoms with Gasteiger partial charge in [-0.15, -0.1) is 3.89 Å². The Labute approximate surface area is 132 Å². The zero-order chi connectivity index (χ0) is 16.6. The van der Waals surface area contributed by atoms with Gasteiger partial charge in [-0.3, -0.25) is 9.89 Å². The third-order valence-electron chi connectivity index (χ3n) is 3.65. The highest BCUT2D eigenvalue weighted by molar-refractivity contribution is 7.86. The second kappa shape index (κ2) is 5.73. The van der Waals surface area contributed by atoms with Crippen LogP contribution in [0.1, 0.15) is 12.2 Å². The van der Waals surface area contributed by atoms with Crippen molar-refractivity contribution in [1.29, 1.82) is 0 Å². The molecule has 1 aliphatic heterocycles. The Morgan fingerprint density at radius 2 is 2.22 bits per heavy atom. The number of hydrogen-bond donors (Lipinski definition) is 1. The van der Waals surface area contributed by atoms with Crippen molar-refractivity contribution < 1.29 is 17.1 Å².